The summed E-state index contributed by atoms with van der Waals surface area (Å²) >= 11 is 0. The van der Waals surface area contributed by atoms with Crippen LogP contribution in [0, 0.1) is 27.7 Å². The van der Waals surface area contributed by atoms with Crippen molar-refractivity contribution in [1.82, 2.24) is 19.5 Å². The number of rotatable bonds is 2. The fourth-order valence-electron chi connectivity index (χ4n) is 3.53. The molecule has 138 valence electrons. The van der Waals surface area contributed by atoms with E-state index in [1.807, 2.05) is 38.3 Å². The average Bonchev–Trinajstić information content (AvgIpc) is 2.93. The maximum atomic E-state index is 10.3. The Kier molecular flexibility index (Phi) is 3.69. The fourth-order valence-corrected chi connectivity index (χ4v) is 3.53. The van der Waals surface area contributed by atoms with Gasteiger partial charge in [0.2, 0.25) is 5.95 Å². The lowest BCUT2D eigenvalue weighted by Gasteiger charge is -2.15. The van der Waals surface area contributed by atoms with Gasteiger partial charge in [-0.05, 0) is 51.0 Å². The number of aryl methyl sites for hydroxylation is 3. The summed E-state index contributed by atoms with van der Waals surface area (Å²) in [7, 11) is 1.75. The number of hydrogen-bond acceptors (Lipinski definition) is 6. The minimum Gasteiger partial charge on any atom is -0.508 e. The number of fused-ring (bicyclic) bond motifs is 3. The Balaban J connectivity index is 2.30. The van der Waals surface area contributed by atoms with Crippen molar-refractivity contribution in [2.75, 3.05) is 18.1 Å². The van der Waals surface area contributed by atoms with Crippen LogP contribution in [0.3, 0.4) is 0 Å². The summed E-state index contributed by atoms with van der Waals surface area (Å²) in [6, 6.07) is 5.66. The Labute approximate surface area is 156 Å². The highest BCUT2D eigenvalue weighted by molar-refractivity contribution is 6.12. The van der Waals surface area contributed by atoms with Crippen molar-refractivity contribution in [1.29, 1.82) is 0 Å². The summed E-state index contributed by atoms with van der Waals surface area (Å²) in [6.07, 6.45) is 0. The Morgan fingerprint density at radius 2 is 1.74 bits per heavy atom. The van der Waals surface area contributed by atoms with Crippen molar-refractivity contribution < 1.29 is 5.11 Å². The SMILES string of the molecule is CNc1nc(N)c2c3cc(C)c(C)nc3n(-c3c(C)ccc(O)c3C)c2n1. The molecule has 0 fully saturated rings. The molecule has 3 aromatic heterocycles. The van der Waals surface area contributed by atoms with Gasteiger partial charge in [-0.15, -0.1) is 0 Å². The van der Waals surface area contributed by atoms with Crippen LogP contribution in [0.5, 0.6) is 5.75 Å². The molecule has 0 bridgehead atoms. The van der Waals surface area contributed by atoms with Gasteiger partial charge in [0.25, 0.3) is 0 Å². The second kappa shape index (κ2) is 5.84. The van der Waals surface area contributed by atoms with Gasteiger partial charge in [-0.1, -0.05) is 6.07 Å². The van der Waals surface area contributed by atoms with Crippen molar-refractivity contribution in [3.63, 3.8) is 0 Å². The smallest absolute Gasteiger partial charge is 0.226 e. The van der Waals surface area contributed by atoms with Crippen LogP contribution in [0.2, 0.25) is 0 Å². The number of phenolic OH excluding ortho intramolecular Hbond substituents is 1. The number of pyridine rings is 1. The summed E-state index contributed by atoms with van der Waals surface area (Å²) in [6.45, 7) is 7.89. The third kappa shape index (κ3) is 2.38. The molecular formula is C20H22N6O. The molecule has 3 heterocycles. The topological polar surface area (TPSA) is 102 Å². The summed E-state index contributed by atoms with van der Waals surface area (Å²) in [5.74, 6) is 1.06. The van der Waals surface area contributed by atoms with Gasteiger partial charge in [-0.2, -0.15) is 9.97 Å². The number of nitrogens with two attached hydrogens (primary N) is 1. The van der Waals surface area contributed by atoms with Crippen LogP contribution in [0.4, 0.5) is 11.8 Å². The maximum Gasteiger partial charge on any atom is 0.226 e. The van der Waals surface area contributed by atoms with E-state index in [1.165, 1.54) is 0 Å². The first kappa shape index (κ1) is 17.1. The van der Waals surface area contributed by atoms with Crippen molar-refractivity contribution in [3.8, 4) is 11.4 Å². The fraction of sp³-hybridized carbons (Fsp3) is 0.250. The van der Waals surface area contributed by atoms with Crippen molar-refractivity contribution in [3.05, 3.63) is 40.6 Å². The molecule has 0 aliphatic carbocycles. The van der Waals surface area contributed by atoms with Gasteiger partial charge in [0, 0.05) is 23.7 Å². The zero-order chi connectivity index (χ0) is 19.5. The Morgan fingerprint density at radius 1 is 1.00 bits per heavy atom. The molecular weight excluding hydrogens is 340 g/mol. The van der Waals surface area contributed by atoms with Crippen molar-refractivity contribution >= 4 is 33.8 Å². The van der Waals surface area contributed by atoms with Crippen LogP contribution in [-0.4, -0.2) is 31.7 Å². The summed E-state index contributed by atoms with van der Waals surface area (Å²) < 4.78 is 1.97. The second-order valence-electron chi connectivity index (χ2n) is 6.85. The van der Waals surface area contributed by atoms with Crippen LogP contribution in [0.25, 0.3) is 27.8 Å². The molecule has 27 heavy (non-hydrogen) atoms. The minimum absolute atomic E-state index is 0.227. The van der Waals surface area contributed by atoms with E-state index >= 15 is 0 Å². The predicted molar refractivity (Wildman–Crippen MR) is 109 cm³/mol. The van der Waals surface area contributed by atoms with Gasteiger partial charge in [0.1, 0.15) is 17.2 Å². The van der Waals surface area contributed by atoms with Gasteiger partial charge in [0.15, 0.2) is 5.65 Å². The van der Waals surface area contributed by atoms with Crippen LogP contribution in [0.15, 0.2) is 18.2 Å². The van der Waals surface area contributed by atoms with E-state index in [0.29, 0.717) is 17.4 Å². The Morgan fingerprint density at radius 3 is 2.44 bits per heavy atom. The molecule has 0 spiro atoms. The number of nitrogens with zero attached hydrogens (tertiary/aromatic N) is 4. The van der Waals surface area contributed by atoms with E-state index in [4.69, 9.17) is 10.7 Å². The number of aromatic hydroxyl groups is 1. The summed E-state index contributed by atoms with van der Waals surface area (Å²) in [5.41, 5.74) is 12.3. The quantitative estimate of drug-likeness (QED) is 0.504. The predicted octanol–water partition coefficient (Wildman–Crippen LogP) is 3.53. The van der Waals surface area contributed by atoms with Crippen molar-refractivity contribution in [2.24, 2.45) is 0 Å². The second-order valence-corrected chi connectivity index (χ2v) is 6.85. The van der Waals surface area contributed by atoms with Gasteiger partial charge < -0.3 is 16.2 Å². The number of aromatic nitrogens is 4. The molecule has 7 nitrogen and oxygen atoms in total. The zero-order valence-electron chi connectivity index (χ0n) is 16.0. The number of phenols is 1. The molecule has 4 aromatic rings. The van der Waals surface area contributed by atoms with Gasteiger partial charge in [-0.3, -0.25) is 4.57 Å². The average molecular weight is 362 g/mol. The third-order valence-electron chi connectivity index (χ3n) is 5.11. The van der Waals surface area contributed by atoms with E-state index in [0.717, 1.165) is 44.5 Å². The molecule has 0 radical (unpaired) electrons. The molecule has 4 rings (SSSR count). The largest absolute Gasteiger partial charge is 0.508 e. The molecule has 0 aliphatic heterocycles. The maximum absolute atomic E-state index is 10.3. The first-order chi connectivity index (χ1) is 12.8. The molecule has 0 atom stereocenters. The third-order valence-corrected chi connectivity index (χ3v) is 5.11. The van der Waals surface area contributed by atoms with Gasteiger partial charge >= 0.3 is 0 Å². The lowest BCUT2D eigenvalue weighted by Crippen LogP contribution is -2.05. The lowest BCUT2D eigenvalue weighted by molar-refractivity contribution is 0.470. The number of nitrogens with one attached hydrogen (secondary N) is 1. The van der Waals surface area contributed by atoms with Gasteiger partial charge in [-0.25, -0.2) is 4.98 Å². The van der Waals surface area contributed by atoms with Crippen LogP contribution in [-0.2, 0) is 0 Å². The molecule has 0 saturated heterocycles. The molecule has 7 heteroatoms. The number of benzene rings is 1. The van der Waals surface area contributed by atoms with E-state index in [2.05, 4.69) is 21.4 Å². The molecule has 1 aromatic carbocycles. The van der Waals surface area contributed by atoms with Crippen LogP contribution in [0.1, 0.15) is 22.4 Å². The van der Waals surface area contributed by atoms with Crippen molar-refractivity contribution in [2.45, 2.75) is 27.7 Å². The molecule has 0 aliphatic rings. The van der Waals surface area contributed by atoms with Gasteiger partial charge in [0.05, 0.1) is 11.1 Å². The van der Waals surface area contributed by atoms with E-state index in [9.17, 15) is 5.11 Å². The van der Waals surface area contributed by atoms with E-state index in [-0.39, 0.29) is 5.75 Å². The van der Waals surface area contributed by atoms with Crippen LogP contribution < -0.4 is 11.1 Å². The summed E-state index contributed by atoms with van der Waals surface area (Å²) in [5, 5.41) is 14.9. The lowest BCUT2D eigenvalue weighted by atomic mass is 10.1. The normalized spacial score (nSPS) is 11.4. The molecule has 0 amide bonds. The van der Waals surface area contributed by atoms with Crippen LogP contribution >= 0.6 is 0 Å². The number of hydrogen-bond donors (Lipinski definition) is 3. The standard InChI is InChI=1S/C20H22N6O/c1-9-6-7-14(27)11(3)16(9)26-18-13(8-10(2)12(4)23-18)15-17(21)24-20(22-5)25-19(15)26/h6-8,27H,1-5H3,(H3,21,22,24,25). The Bertz CT molecular complexity index is 1230. The molecule has 4 N–H and O–H groups in total. The number of nitrogen functional groups attached to an aromatic ring is 1. The zero-order valence-corrected chi connectivity index (χ0v) is 16.0. The number of anilines is 2. The molecule has 0 unspecified atom stereocenters. The van der Waals surface area contributed by atoms with E-state index in [1.54, 1.807) is 13.1 Å². The Hall–Kier alpha value is -3.35. The monoisotopic (exact) mass is 362 g/mol. The highest BCUT2D eigenvalue weighted by atomic mass is 16.3. The highest BCUT2D eigenvalue weighted by Crippen LogP contribution is 2.37. The van der Waals surface area contributed by atoms with E-state index < -0.39 is 0 Å². The first-order valence-corrected chi connectivity index (χ1v) is 8.76. The molecule has 0 saturated carbocycles. The first-order valence-electron chi connectivity index (χ1n) is 8.76. The summed E-state index contributed by atoms with van der Waals surface area (Å²) in [4.78, 5) is 13.9. The highest BCUT2D eigenvalue weighted by Gasteiger charge is 2.22. The minimum atomic E-state index is 0.227.